The molecule has 0 radical (unpaired) electrons. The molecule has 1 unspecified atom stereocenters. The van der Waals surface area contributed by atoms with Crippen LogP contribution in [0.3, 0.4) is 0 Å². The van der Waals surface area contributed by atoms with E-state index in [0.717, 1.165) is 25.2 Å². The van der Waals surface area contributed by atoms with E-state index in [4.69, 9.17) is 0 Å². The smallest absolute Gasteiger partial charge is 0.0247 e. The van der Waals surface area contributed by atoms with Crippen LogP contribution in [0.4, 0.5) is 0 Å². The lowest BCUT2D eigenvalue weighted by molar-refractivity contribution is 0.178. The lowest BCUT2D eigenvalue weighted by Gasteiger charge is -2.29. The third kappa shape index (κ3) is 4.09. The summed E-state index contributed by atoms with van der Waals surface area (Å²) in [6.07, 6.45) is 5.40. The van der Waals surface area contributed by atoms with Gasteiger partial charge in [-0.25, -0.2) is 0 Å². The molecule has 0 aromatic carbocycles. The second kappa shape index (κ2) is 6.53. The standard InChI is InChI=1S/C14H24N2S/c1-12(4-3-8-15-2)16(14-5-6-14)10-13-7-9-17-11-13/h7,9,11-12,14-15H,3-6,8,10H2,1-2H3. The minimum Gasteiger partial charge on any atom is -0.320 e. The highest BCUT2D eigenvalue weighted by atomic mass is 32.1. The first kappa shape index (κ1) is 13.1. The predicted octanol–water partition coefficient (Wildman–Crippen LogP) is 3.10. The largest absolute Gasteiger partial charge is 0.320 e. The molecule has 2 rings (SSSR count). The maximum Gasteiger partial charge on any atom is 0.0247 e. The van der Waals surface area contributed by atoms with E-state index in [1.54, 1.807) is 0 Å². The Labute approximate surface area is 109 Å². The summed E-state index contributed by atoms with van der Waals surface area (Å²) in [5.74, 6) is 0. The molecule has 0 bridgehead atoms. The molecular weight excluding hydrogens is 228 g/mol. The van der Waals surface area contributed by atoms with Gasteiger partial charge in [0.05, 0.1) is 0 Å². The van der Waals surface area contributed by atoms with Gasteiger partial charge in [0.2, 0.25) is 0 Å². The van der Waals surface area contributed by atoms with Crippen LogP contribution in [0.1, 0.15) is 38.2 Å². The van der Waals surface area contributed by atoms with Crippen LogP contribution in [-0.4, -0.2) is 30.6 Å². The van der Waals surface area contributed by atoms with Crippen molar-refractivity contribution >= 4 is 11.3 Å². The summed E-state index contributed by atoms with van der Waals surface area (Å²) >= 11 is 1.81. The highest BCUT2D eigenvalue weighted by Crippen LogP contribution is 2.31. The molecule has 1 aromatic heterocycles. The number of nitrogens with one attached hydrogen (secondary N) is 1. The first-order valence-electron chi connectivity index (χ1n) is 6.72. The first-order valence-corrected chi connectivity index (χ1v) is 7.67. The molecule has 0 spiro atoms. The molecule has 1 aromatic rings. The Morgan fingerprint density at radius 2 is 2.35 bits per heavy atom. The van der Waals surface area contributed by atoms with Gasteiger partial charge in [-0.15, -0.1) is 0 Å². The second-order valence-electron chi connectivity index (χ2n) is 5.13. The number of rotatable bonds is 8. The van der Waals surface area contributed by atoms with Crippen LogP contribution in [0.5, 0.6) is 0 Å². The third-order valence-corrected chi connectivity index (χ3v) is 4.31. The maximum atomic E-state index is 3.24. The summed E-state index contributed by atoms with van der Waals surface area (Å²) in [6, 6.07) is 3.84. The topological polar surface area (TPSA) is 15.3 Å². The predicted molar refractivity (Wildman–Crippen MR) is 75.5 cm³/mol. The van der Waals surface area contributed by atoms with Crippen LogP contribution in [0.25, 0.3) is 0 Å². The van der Waals surface area contributed by atoms with E-state index in [-0.39, 0.29) is 0 Å². The van der Waals surface area contributed by atoms with Crippen molar-refractivity contribution in [3.8, 4) is 0 Å². The summed E-state index contributed by atoms with van der Waals surface area (Å²) < 4.78 is 0. The minimum absolute atomic E-state index is 0.718. The van der Waals surface area contributed by atoms with Crippen LogP contribution in [-0.2, 0) is 6.54 Å². The molecular formula is C14H24N2S. The Kier molecular flexibility index (Phi) is 5.01. The van der Waals surface area contributed by atoms with Gasteiger partial charge in [0, 0.05) is 18.6 Å². The van der Waals surface area contributed by atoms with Crippen LogP contribution in [0.2, 0.25) is 0 Å². The zero-order valence-electron chi connectivity index (χ0n) is 11.0. The summed E-state index contributed by atoms with van der Waals surface area (Å²) in [6.45, 7) is 4.68. The van der Waals surface area contributed by atoms with Gasteiger partial charge in [-0.2, -0.15) is 11.3 Å². The molecule has 0 aliphatic heterocycles. The fourth-order valence-electron chi connectivity index (χ4n) is 2.38. The SMILES string of the molecule is CNCCCC(C)N(Cc1ccsc1)C1CC1. The molecule has 1 saturated carbocycles. The fraction of sp³-hybridized carbons (Fsp3) is 0.714. The Morgan fingerprint density at radius 1 is 1.53 bits per heavy atom. The number of hydrogen-bond acceptors (Lipinski definition) is 3. The first-order chi connectivity index (χ1) is 8.31. The van der Waals surface area contributed by atoms with Crippen molar-refractivity contribution in [3.05, 3.63) is 22.4 Å². The summed E-state index contributed by atoms with van der Waals surface area (Å²) in [4.78, 5) is 2.71. The molecule has 1 atom stereocenters. The molecule has 17 heavy (non-hydrogen) atoms. The van der Waals surface area contributed by atoms with Crippen molar-refractivity contribution < 1.29 is 0 Å². The van der Waals surface area contributed by atoms with E-state index in [9.17, 15) is 0 Å². The van der Waals surface area contributed by atoms with Crippen LogP contribution in [0.15, 0.2) is 16.8 Å². The molecule has 1 aliphatic rings. The summed E-state index contributed by atoms with van der Waals surface area (Å²) in [5, 5.41) is 7.71. The van der Waals surface area contributed by atoms with E-state index in [1.807, 2.05) is 18.4 Å². The quantitative estimate of drug-likeness (QED) is 0.715. The van der Waals surface area contributed by atoms with E-state index < -0.39 is 0 Å². The Morgan fingerprint density at radius 3 is 2.94 bits per heavy atom. The van der Waals surface area contributed by atoms with Gasteiger partial charge in [0.25, 0.3) is 0 Å². The van der Waals surface area contributed by atoms with E-state index in [1.165, 1.54) is 31.2 Å². The van der Waals surface area contributed by atoms with Crippen molar-refractivity contribution in [2.45, 2.75) is 51.2 Å². The van der Waals surface area contributed by atoms with Crippen molar-refractivity contribution in [1.29, 1.82) is 0 Å². The van der Waals surface area contributed by atoms with Gasteiger partial charge in [0.15, 0.2) is 0 Å². The lowest BCUT2D eigenvalue weighted by atomic mass is 10.1. The van der Waals surface area contributed by atoms with E-state index >= 15 is 0 Å². The molecule has 1 heterocycles. The Balaban J connectivity index is 1.83. The second-order valence-corrected chi connectivity index (χ2v) is 5.91. The number of nitrogens with zero attached hydrogens (tertiary/aromatic N) is 1. The highest BCUT2D eigenvalue weighted by Gasteiger charge is 2.31. The van der Waals surface area contributed by atoms with Gasteiger partial charge < -0.3 is 5.32 Å². The lowest BCUT2D eigenvalue weighted by Crippen LogP contribution is -2.34. The average Bonchev–Trinajstić information content (AvgIpc) is 3.03. The van der Waals surface area contributed by atoms with Gasteiger partial charge in [-0.3, -0.25) is 4.90 Å². The molecule has 2 nitrogen and oxygen atoms in total. The monoisotopic (exact) mass is 252 g/mol. The molecule has 0 saturated heterocycles. The van der Waals surface area contributed by atoms with E-state index in [2.05, 4.69) is 34.0 Å². The zero-order valence-corrected chi connectivity index (χ0v) is 11.8. The fourth-order valence-corrected chi connectivity index (χ4v) is 3.04. The van der Waals surface area contributed by atoms with Crippen molar-refractivity contribution in [1.82, 2.24) is 10.2 Å². The van der Waals surface area contributed by atoms with Crippen molar-refractivity contribution in [3.63, 3.8) is 0 Å². The van der Waals surface area contributed by atoms with E-state index in [0.29, 0.717) is 0 Å². The molecule has 1 aliphatic carbocycles. The van der Waals surface area contributed by atoms with Crippen molar-refractivity contribution in [2.75, 3.05) is 13.6 Å². The highest BCUT2D eigenvalue weighted by molar-refractivity contribution is 7.07. The number of thiophene rings is 1. The molecule has 3 heteroatoms. The van der Waals surface area contributed by atoms with Crippen LogP contribution in [0, 0.1) is 0 Å². The third-order valence-electron chi connectivity index (χ3n) is 3.58. The Bertz CT molecular complexity index is 306. The average molecular weight is 252 g/mol. The minimum atomic E-state index is 0.718. The molecule has 1 fully saturated rings. The van der Waals surface area contributed by atoms with Crippen LogP contribution < -0.4 is 5.32 Å². The Hall–Kier alpha value is -0.380. The molecule has 1 N–H and O–H groups in total. The van der Waals surface area contributed by atoms with Gasteiger partial charge >= 0.3 is 0 Å². The summed E-state index contributed by atoms with van der Waals surface area (Å²) in [7, 11) is 2.04. The molecule has 0 amide bonds. The zero-order chi connectivity index (χ0) is 12.1. The van der Waals surface area contributed by atoms with Gasteiger partial charge in [-0.1, -0.05) is 0 Å². The number of hydrogen-bond donors (Lipinski definition) is 1. The van der Waals surface area contributed by atoms with Crippen molar-refractivity contribution in [2.24, 2.45) is 0 Å². The molecule has 96 valence electrons. The van der Waals surface area contributed by atoms with Crippen LogP contribution >= 0.6 is 11.3 Å². The van der Waals surface area contributed by atoms with Gasteiger partial charge in [-0.05, 0) is 68.6 Å². The summed E-state index contributed by atoms with van der Waals surface area (Å²) in [5.41, 5.74) is 1.49. The maximum absolute atomic E-state index is 3.24. The van der Waals surface area contributed by atoms with Gasteiger partial charge in [0.1, 0.15) is 0 Å². The normalized spacial score (nSPS) is 17.6.